The Labute approximate surface area is 171 Å². The lowest BCUT2D eigenvalue weighted by molar-refractivity contribution is 0.103. The number of nitrogens with one attached hydrogen (secondary N) is 1. The molecule has 0 saturated carbocycles. The van der Waals surface area contributed by atoms with Crippen LogP contribution in [0.15, 0.2) is 47.8 Å². The van der Waals surface area contributed by atoms with Crippen LogP contribution in [0.2, 0.25) is 0 Å². The second-order valence-electron chi connectivity index (χ2n) is 6.88. The first-order valence-electron chi connectivity index (χ1n) is 8.93. The van der Waals surface area contributed by atoms with Crippen molar-refractivity contribution in [3.63, 3.8) is 0 Å². The third-order valence-corrected chi connectivity index (χ3v) is 6.15. The van der Waals surface area contributed by atoms with Crippen LogP contribution in [0.3, 0.4) is 0 Å². The Morgan fingerprint density at radius 2 is 1.82 bits per heavy atom. The summed E-state index contributed by atoms with van der Waals surface area (Å²) in [6.07, 6.45) is 0. The van der Waals surface area contributed by atoms with Crippen molar-refractivity contribution in [2.75, 3.05) is 5.32 Å². The summed E-state index contributed by atoms with van der Waals surface area (Å²) in [6, 6.07) is 14.1. The Morgan fingerprint density at radius 3 is 2.61 bits per heavy atom. The van der Waals surface area contributed by atoms with E-state index in [1.165, 1.54) is 39.4 Å². The highest BCUT2D eigenvalue weighted by Gasteiger charge is 2.13. The van der Waals surface area contributed by atoms with E-state index in [0.29, 0.717) is 16.6 Å². The number of aryl methyl sites for hydroxylation is 3. The molecule has 0 bridgehead atoms. The van der Waals surface area contributed by atoms with Gasteiger partial charge in [0, 0.05) is 5.56 Å². The number of thiophene rings is 1. The summed E-state index contributed by atoms with van der Waals surface area (Å²) in [5.41, 5.74) is 5.41. The summed E-state index contributed by atoms with van der Waals surface area (Å²) < 4.78 is 6.95. The third kappa shape index (κ3) is 4.24. The molecule has 1 N–H and O–H groups in total. The van der Waals surface area contributed by atoms with Crippen molar-refractivity contribution < 1.29 is 9.53 Å². The average Bonchev–Trinajstić information content (AvgIpc) is 3.25. The molecule has 0 spiro atoms. The highest BCUT2D eigenvalue weighted by Crippen LogP contribution is 2.28. The molecular weight excluding hydrogens is 388 g/mol. The van der Waals surface area contributed by atoms with Crippen LogP contribution >= 0.6 is 22.7 Å². The monoisotopic (exact) mass is 408 g/mol. The number of hydrogen-bond acceptors (Lipinski definition) is 5. The van der Waals surface area contributed by atoms with Gasteiger partial charge >= 0.3 is 0 Å². The van der Waals surface area contributed by atoms with Crippen LogP contribution in [-0.4, -0.2) is 10.9 Å². The molecule has 0 aliphatic heterocycles. The topological polar surface area (TPSA) is 51.2 Å². The van der Waals surface area contributed by atoms with Crippen LogP contribution in [0.25, 0.3) is 10.2 Å². The van der Waals surface area contributed by atoms with Crippen molar-refractivity contribution in [3.05, 3.63) is 75.0 Å². The van der Waals surface area contributed by atoms with Gasteiger partial charge < -0.3 is 4.74 Å². The molecule has 0 saturated heterocycles. The van der Waals surface area contributed by atoms with Gasteiger partial charge in [0.1, 0.15) is 12.4 Å². The Hall–Kier alpha value is -2.70. The zero-order valence-electron chi connectivity index (χ0n) is 15.9. The maximum absolute atomic E-state index is 12.6. The van der Waals surface area contributed by atoms with E-state index in [1.807, 2.05) is 42.6 Å². The summed E-state index contributed by atoms with van der Waals surface area (Å²) in [6.45, 7) is 6.59. The predicted molar refractivity (Wildman–Crippen MR) is 117 cm³/mol. The van der Waals surface area contributed by atoms with Gasteiger partial charge in [-0.05, 0) is 73.2 Å². The molecule has 0 atom stereocenters. The number of ether oxygens (including phenoxy) is 1. The summed E-state index contributed by atoms with van der Waals surface area (Å²) in [5.74, 6) is 0.706. The molecule has 1 amide bonds. The van der Waals surface area contributed by atoms with Gasteiger partial charge in [-0.2, -0.15) is 0 Å². The molecule has 4 nitrogen and oxygen atoms in total. The summed E-state index contributed by atoms with van der Waals surface area (Å²) in [4.78, 5) is 17.7. The van der Waals surface area contributed by atoms with E-state index >= 15 is 0 Å². The SMILES string of the molecule is Cc1cc(C)cc(OCc2csc(C(=O)Nc3nc4ccc(C)cc4s3)c2)c1. The minimum absolute atomic E-state index is 0.140. The molecule has 0 unspecified atom stereocenters. The summed E-state index contributed by atoms with van der Waals surface area (Å²) in [7, 11) is 0. The number of nitrogens with zero attached hydrogens (tertiary/aromatic N) is 1. The Morgan fingerprint density at radius 1 is 1.04 bits per heavy atom. The number of hydrogen-bond donors (Lipinski definition) is 1. The van der Waals surface area contributed by atoms with E-state index in [0.717, 1.165) is 21.5 Å². The fraction of sp³-hybridized carbons (Fsp3) is 0.182. The predicted octanol–water partition coefficient (Wildman–Crippen LogP) is 6.11. The molecule has 4 aromatic rings. The van der Waals surface area contributed by atoms with E-state index in [2.05, 4.69) is 36.3 Å². The number of amides is 1. The lowest BCUT2D eigenvalue weighted by Crippen LogP contribution is -2.09. The van der Waals surface area contributed by atoms with Gasteiger partial charge in [-0.25, -0.2) is 4.98 Å². The third-order valence-electron chi connectivity index (χ3n) is 4.24. The molecule has 0 fully saturated rings. The average molecular weight is 409 g/mol. The molecular formula is C22H20N2O2S2. The van der Waals surface area contributed by atoms with Gasteiger partial charge in [-0.3, -0.25) is 10.1 Å². The standard InChI is InChI=1S/C22H20N2O2S2/c1-13-4-5-18-19(9-13)28-22(23-18)24-21(25)20-10-16(12-27-20)11-26-17-7-14(2)6-15(3)8-17/h4-10,12H,11H2,1-3H3,(H,23,24,25). The van der Waals surface area contributed by atoms with E-state index in [9.17, 15) is 4.79 Å². The number of carbonyl (C=O) groups is 1. The first-order chi connectivity index (χ1) is 13.5. The number of benzene rings is 2. The highest BCUT2D eigenvalue weighted by atomic mass is 32.1. The second-order valence-corrected chi connectivity index (χ2v) is 8.82. The van der Waals surface area contributed by atoms with Crippen molar-refractivity contribution in [1.29, 1.82) is 0 Å². The smallest absolute Gasteiger partial charge is 0.267 e. The van der Waals surface area contributed by atoms with Crippen molar-refractivity contribution in [2.24, 2.45) is 0 Å². The molecule has 2 heterocycles. The maximum Gasteiger partial charge on any atom is 0.267 e. The summed E-state index contributed by atoms with van der Waals surface area (Å²) >= 11 is 2.90. The number of fused-ring (bicyclic) bond motifs is 1. The fourth-order valence-corrected chi connectivity index (χ4v) is 4.75. The van der Waals surface area contributed by atoms with Crippen molar-refractivity contribution >= 4 is 43.9 Å². The molecule has 6 heteroatoms. The molecule has 0 aliphatic rings. The van der Waals surface area contributed by atoms with Crippen LogP contribution < -0.4 is 10.1 Å². The number of aromatic nitrogens is 1. The Balaban J connectivity index is 1.42. The fourth-order valence-electron chi connectivity index (χ4n) is 3.00. The zero-order valence-corrected chi connectivity index (χ0v) is 17.5. The number of anilines is 1. The van der Waals surface area contributed by atoms with E-state index in [-0.39, 0.29) is 5.91 Å². The van der Waals surface area contributed by atoms with Crippen molar-refractivity contribution in [3.8, 4) is 5.75 Å². The molecule has 28 heavy (non-hydrogen) atoms. The van der Waals surface area contributed by atoms with Crippen LogP contribution in [-0.2, 0) is 6.61 Å². The maximum atomic E-state index is 12.6. The quantitative estimate of drug-likeness (QED) is 0.433. The Bertz CT molecular complexity index is 1140. The molecule has 2 aromatic carbocycles. The molecule has 4 rings (SSSR count). The molecule has 0 radical (unpaired) electrons. The largest absolute Gasteiger partial charge is 0.489 e. The van der Waals surface area contributed by atoms with Crippen LogP contribution in [0, 0.1) is 20.8 Å². The van der Waals surface area contributed by atoms with Gasteiger partial charge in [-0.15, -0.1) is 11.3 Å². The zero-order chi connectivity index (χ0) is 19.7. The first-order valence-corrected chi connectivity index (χ1v) is 10.6. The van der Waals surface area contributed by atoms with Gasteiger partial charge in [0.25, 0.3) is 5.91 Å². The van der Waals surface area contributed by atoms with Gasteiger partial charge in [0.05, 0.1) is 15.1 Å². The molecule has 142 valence electrons. The molecule has 2 aromatic heterocycles. The van der Waals surface area contributed by atoms with E-state index in [1.54, 1.807) is 0 Å². The lowest BCUT2D eigenvalue weighted by atomic mass is 10.1. The minimum Gasteiger partial charge on any atom is -0.489 e. The van der Waals surface area contributed by atoms with Gasteiger partial charge in [0.2, 0.25) is 0 Å². The highest BCUT2D eigenvalue weighted by molar-refractivity contribution is 7.22. The normalized spacial score (nSPS) is 11.0. The molecule has 0 aliphatic carbocycles. The second kappa shape index (κ2) is 7.73. The number of carbonyl (C=O) groups excluding carboxylic acids is 1. The van der Waals surface area contributed by atoms with E-state index < -0.39 is 0 Å². The van der Waals surface area contributed by atoms with Crippen LogP contribution in [0.1, 0.15) is 31.9 Å². The van der Waals surface area contributed by atoms with E-state index in [4.69, 9.17) is 4.74 Å². The number of rotatable bonds is 5. The van der Waals surface area contributed by atoms with Crippen molar-refractivity contribution in [1.82, 2.24) is 4.98 Å². The van der Waals surface area contributed by atoms with Crippen molar-refractivity contribution in [2.45, 2.75) is 27.4 Å². The van der Waals surface area contributed by atoms with Crippen LogP contribution in [0.5, 0.6) is 5.75 Å². The Kier molecular flexibility index (Phi) is 5.15. The first kappa shape index (κ1) is 18.7. The van der Waals surface area contributed by atoms with Crippen LogP contribution in [0.4, 0.5) is 5.13 Å². The summed E-state index contributed by atoms with van der Waals surface area (Å²) in [5, 5.41) is 5.48. The number of thiazole rings is 1. The van der Waals surface area contributed by atoms with Gasteiger partial charge in [0.15, 0.2) is 5.13 Å². The minimum atomic E-state index is -0.140. The van der Waals surface area contributed by atoms with Gasteiger partial charge in [-0.1, -0.05) is 23.5 Å². The lowest BCUT2D eigenvalue weighted by Gasteiger charge is -2.07.